The number of aliphatic hydroxyl groups excluding tert-OH is 1. The van der Waals surface area contributed by atoms with E-state index >= 15 is 0 Å². The number of ketones is 1. The molecule has 0 saturated carbocycles. The molecule has 4 aromatic rings. The van der Waals surface area contributed by atoms with E-state index in [0.717, 1.165) is 22.1 Å². The Bertz CT molecular complexity index is 1390. The van der Waals surface area contributed by atoms with Crippen molar-refractivity contribution in [2.24, 2.45) is 0 Å². The van der Waals surface area contributed by atoms with Gasteiger partial charge >= 0.3 is 0 Å². The van der Waals surface area contributed by atoms with Gasteiger partial charge in [0.25, 0.3) is 11.7 Å². The molecule has 3 aromatic carbocycles. The van der Waals surface area contributed by atoms with Crippen molar-refractivity contribution in [3.8, 4) is 5.75 Å². The number of rotatable bonds is 6. The van der Waals surface area contributed by atoms with Crippen molar-refractivity contribution in [2.75, 3.05) is 6.61 Å². The lowest BCUT2D eigenvalue weighted by Gasteiger charge is -2.23. The van der Waals surface area contributed by atoms with Gasteiger partial charge in [-0.15, -0.1) is 0 Å². The fraction of sp³-hybridized carbons (Fsp3) is 0.143. The average Bonchev–Trinajstić information content (AvgIpc) is 3.47. The number of furan rings is 1. The normalized spacial score (nSPS) is 17.4. The molecule has 1 fully saturated rings. The Morgan fingerprint density at radius 2 is 1.74 bits per heavy atom. The van der Waals surface area contributed by atoms with Crippen LogP contribution in [0.4, 0.5) is 0 Å². The summed E-state index contributed by atoms with van der Waals surface area (Å²) in [7, 11) is 0. The van der Waals surface area contributed by atoms with Gasteiger partial charge in [-0.05, 0) is 53.6 Å². The number of hydrogen-bond donors (Lipinski definition) is 1. The monoisotopic (exact) mass is 453 g/mol. The molecule has 0 aliphatic carbocycles. The fourth-order valence-corrected chi connectivity index (χ4v) is 4.33. The van der Waals surface area contributed by atoms with Gasteiger partial charge < -0.3 is 19.2 Å². The molecular weight excluding hydrogens is 430 g/mol. The molecule has 0 radical (unpaired) electrons. The maximum absolute atomic E-state index is 13.2. The lowest BCUT2D eigenvalue weighted by Crippen LogP contribution is -2.29. The van der Waals surface area contributed by atoms with E-state index in [1.54, 1.807) is 18.2 Å². The Morgan fingerprint density at radius 1 is 0.971 bits per heavy atom. The highest BCUT2D eigenvalue weighted by atomic mass is 16.5. The molecule has 0 spiro atoms. The molecule has 0 bridgehead atoms. The number of likely N-dealkylation sites (tertiary alicyclic amines) is 1. The van der Waals surface area contributed by atoms with Crippen molar-refractivity contribution < 1.29 is 23.8 Å². The Balaban J connectivity index is 1.57. The number of Topliss-reactive ketones (excluding diaryl/α,β-unsaturated/α-hetero) is 1. The summed E-state index contributed by atoms with van der Waals surface area (Å²) in [5.74, 6) is -0.505. The number of carbonyl (C=O) groups is 2. The van der Waals surface area contributed by atoms with Crippen molar-refractivity contribution in [2.45, 2.75) is 19.5 Å². The zero-order valence-corrected chi connectivity index (χ0v) is 18.6. The smallest absolute Gasteiger partial charge is 0.296 e. The lowest BCUT2D eigenvalue weighted by molar-refractivity contribution is -0.140. The minimum Gasteiger partial charge on any atom is -0.507 e. The molecule has 170 valence electrons. The largest absolute Gasteiger partial charge is 0.507 e. The topological polar surface area (TPSA) is 80.0 Å². The summed E-state index contributed by atoms with van der Waals surface area (Å²) in [6.45, 7) is 2.64. The molecule has 1 aliphatic rings. The first-order valence-corrected chi connectivity index (χ1v) is 11.1. The summed E-state index contributed by atoms with van der Waals surface area (Å²) in [6.07, 6.45) is 1.49. The van der Waals surface area contributed by atoms with Crippen LogP contribution in [0.1, 0.15) is 29.9 Å². The van der Waals surface area contributed by atoms with Crippen LogP contribution in [0.5, 0.6) is 5.75 Å². The zero-order chi connectivity index (χ0) is 23.7. The van der Waals surface area contributed by atoms with Gasteiger partial charge in [0.05, 0.1) is 18.4 Å². The Hall–Kier alpha value is -4.32. The molecule has 1 N–H and O–H groups in total. The van der Waals surface area contributed by atoms with Gasteiger partial charge in [-0.2, -0.15) is 0 Å². The minimum absolute atomic E-state index is 0.0150. The van der Waals surface area contributed by atoms with Crippen LogP contribution in [0.15, 0.2) is 95.1 Å². The lowest BCUT2D eigenvalue weighted by atomic mass is 9.97. The van der Waals surface area contributed by atoms with Gasteiger partial charge in [-0.3, -0.25) is 9.59 Å². The molecule has 1 atom stereocenters. The predicted octanol–water partition coefficient (Wildman–Crippen LogP) is 5.45. The molecule has 2 heterocycles. The van der Waals surface area contributed by atoms with Crippen molar-refractivity contribution in [3.05, 3.63) is 108 Å². The first-order valence-electron chi connectivity index (χ1n) is 11.1. The quantitative estimate of drug-likeness (QED) is 0.238. The molecule has 5 rings (SSSR count). The van der Waals surface area contributed by atoms with Crippen LogP contribution < -0.4 is 4.74 Å². The predicted molar refractivity (Wildman–Crippen MR) is 128 cm³/mol. The summed E-state index contributed by atoms with van der Waals surface area (Å²) in [5.41, 5.74) is 1.31. The van der Waals surface area contributed by atoms with Crippen molar-refractivity contribution in [1.82, 2.24) is 4.90 Å². The van der Waals surface area contributed by atoms with Crippen LogP contribution in [0.25, 0.3) is 16.5 Å². The third kappa shape index (κ3) is 3.83. The van der Waals surface area contributed by atoms with Crippen LogP contribution in [-0.4, -0.2) is 28.3 Å². The van der Waals surface area contributed by atoms with Crippen LogP contribution in [0, 0.1) is 0 Å². The summed E-state index contributed by atoms with van der Waals surface area (Å²) in [5, 5.41) is 13.2. The van der Waals surface area contributed by atoms with E-state index in [1.165, 1.54) is 11.2 Å². The van der Waals surface area contributed by atoms with Gasteiger partial charge in [0, 0.05) is 12.1 Å². The van der Waals surface area contributed by atoms with Crippen molar-refractivity contribution in [1.29, 1.82) is 0 Å². The molecule has 1 unspecified atom stereocenters. The summed E-state index contributed by atoms with van der Waals surface area (Å²) < 4.78 is 11.1. The zero-order valence-electron chi connectivity index (χ0n) is 18.6. The molecule has 6 heteroatoms. The fourth-order valence-electron chi connectivity index (χ4n) is 4.33. The first kappa shape index (κ1) is 21.5. The maximum atomic E-state index is 13.2. The van der Waals surface area contributed by atoms with E-state index in [0.29, 0.717) is 17.9 Å². The van der Waals surface area contributed by atoms with Gasteiger partial charge in [-0.1, -0.05) is 48.5 Å². The van der Waals surface area contributed by atoms with Gasteiger partial charge in [0.2, 0.25) is 0 Å². The average molecular weight is 453 g/mol. The number of aliphatic hydroxyl groups is 1. The molecule has 1 aromatic heterocycles. The number of nitrogens with zero attached hydrogens (tertiary/aromatic N) is 1. The van der Waals surface area contributed by atoms with Crippen LogP contribution in [0.2, 0.25) is 0 Å². The second kappa shape index (κ2) is 8.90. The van der Waals surface area contributed by atoms with E-state index in [9.17, 15) is 14.7 Å². The molecule has 1 amide bonds. The molecule has 34 heavy (non-hydrogen) atoms. The van der Waals surface area contributed by atoms with Gasteiger partial charge in [0.1, 0.15) is 23.3 Å². The highest BCUT2D eigenvalue weighted by Crippen LogP contribution is 2.40. The number of carbonyl (C=O) groups excluding carboxylic acids is 2. The Labute approximate surface area is 196 Å². The second-order valence-electron chi connectivity index (χ2n) is 8.08. The summed E-state index contributed by atoms with van der Waals surface area (Å²) in [4.78, 5) is 27.7. The standard InChI is InChI=1S/C28H23NO5/c1-2-33-22-13-9-18(10-14-22)17-29-25(23-8-5-15-34-23)24(27(31)28(29)32)26(30)21-12-11-19-6-3-4-7-20(19)16-21/h3-16,25,30H,2,17H2,1H3/b26-24-. The molecule has 1 aliphatic heterocycles. The highest BCUT2D eigenvalue weighted by Gasteiger charge is 2.47. The van der Waals surface area contributed by atoms with E-state index < -0.39 is 17.7 Å². The molecular formula is C28H23NO5. The van der Waals surface area contributed by atoms with Crippen LogP contribution in [-0.2, 0) is 16.1 Å². The molecule has 1 saturated heterocycles. The highest BCUT2D eigenvalue weighted by molar-refractivity contribution is 6.46. The number of amides is 1. The van der Waals surface area contributed by atoms with Crippen LogP contribution in [0.3, 0.4) is 0 Å². The second-order valence-corrected chi connectivity index (χ2v) is 8.08. The third-order valence-electron chi connectivity index (χ3n) is 5.96. The number of ether oxygens (including phenoxy) is 1. The summed E-state index contributed by atoms with van der Waals surface area (Å²) in [6, 6.07) is 23.1. The number of hydrogen-bond acceptors (Lipinski definition) is 5. The number of fused-ring (bicyclic) bond motifs is 1. The minimum atomic E-state index is -0.840. The summed E-state index contributed by atoms with van der Waals surface area (Å²) >= 11 is 0. The maximum Gasteiger partial charge on any atom is 0.296 e. The number of benzene rings is 3. The van der Waals surface area contributed by atoms with E-state index in [2.05, 4.69) is 0 Å². The third-order valence-corrected chi connectivity index (χ3v) is 5.96. The van der Waals surface area contributed by atoms with Gasteiger partial charge in [-0.25, -0.2) is 0 Å². The first-order chi connectivity index (χ1) is 16.6. The van der Waals surface area contributed by atoms with E-state index in [-0.39, 0.29) is 17.9 Å². The van der Waals surface area contributed by atoms with Crippen molar-refractivity contribution >= 4 is 28.2 Å². The Kier molecular flexibility index (Phi) is 5.64. The van der Waals surface area contributed by atoms with Crippen LogP contribution >= 0.6 is 0 Å². The SMILES string of the molecule is CCOc1ccc(CN2C(=O)C(=O)/C(=C(\O)c3ccc4ccccc4c3)C2c2ccco2)cc1. The van der Waals surface area contributed by atoms with E-state index in [1.807, 2.05) is 67.6 Å². The van der Waals surface area contributed by atoms with Crippen molar-refractivity contribution in [3.63, 3.8) is 0 Å². The van der Waals surface area contributed by atoms with Gasteiger partial charge in [0.15, 0.2) is 0 Å². The molecule has 6 nitrogen and oxygen atoms in total. The van der Waals surface area contributed by atoms with E-state index in [4.69, 9.17) is 9.15 Å². The Morgan fingerprint density at radius 3 is 2.44 bits per heavy atom.